The lowest BCUT2D eigenvalue weighted by atomic mass is 10.3. The van der Waals surface area contributed by atoms with Gasteiger partial charge < -0.3 is 15.6 Å². The van der Waals surface area contributed by atoms with Gasteiger partial charge >= 0.3 is 0 Å². The highest BCUT2D eigenvalue weighted by Gasteiger charge is 2.11. The van der Waals surface area contributed by atoms with E-state index in [1.165, 1.54) is 0 Å². The minimum absolute atomic E-state index is 0.967. The van der Waals surface area contributed by atoms with Crippen molar-refractivity contribution in [2.24, 2.45) is 5.10 Å². The summed E-state index contributed by atoms with van der Waals surface area (Å²) in [6.07, 6.45) is 5.63. The molecule has 0 atom stereocenters. The number of hydrogen-bond acceptors (Lipinski definition) is 3. The second-order valence-corrected chi connectivity index (χ2v) is 3.03. The van der Waals surface area contributed by atoms with Gasteiger partial charge in [-0.25, -0.2) is 0 Å². The van der Waals surface area contributed by atoms with Crippen LogP contribution in [-0.2, 0) is 0 Å². The number of hydrazone groups is 1. The van der Waals surface area contributed by atoms with Gasteiger partial charge in [-0.05, 0) is 6.08 Å². The Kier molecular flexibility index (Phi) is 4.78. The maximum absolute atomic E-state index is 4.22. The Morgan fingerprint density at radius 2 is 2.21 bits per heavy atom. The van der Waals surface area contributed by atoms with Crippen molar-refractivity contribution in [2.75, 3.05) is 33.2 Å². The van der Waals surface area contributed by atoms with E-state index >= 15 is 0 Å². The summed E-state index contributed by atoms with van der Waals surface area (Å²) in [6.45, 7) is 7.69. The highest BCUT2D eigenvalue weighted by Crippen LogP contribution is 1.96. The molecule has 1 heterocycles. The Hall–Kier alpha value is -1.29. The number of nitrogens with one attached hydrogen (secondary N) is 2. The highest BCUT2D eigenvalue weighted by molar-refractivity contribution is 5.93. The van der Waals surface area contributed by atoms with E-state index < -0.39 is 0 Å². The zero-order valence-electron chi connectivity index (χ0n) is 8.66. The van der Waals surface area contributed by atoms with Gasteiger partial charge in [-0.3, -0.25) is 0 Å². The summed E-state index contributed by atoms with van der Waals surface area (Å²) in [7, 11) is 1.81. The first-order chi connectivity index (χ1) is 6.88. The van der Waals surface area contributed by atoms with E-state index in [0.29, 0.717) is 0 Å². The van der Waals surface area contributed by atoms with Crippen LogP contribution in [0.4, 0.5) is 0 Å². The molecule has 0 aromatic carbocycles. The van der Waals surface area contributed by atoms with Gasteiger partial charge in [0, 0.05) is 33.2 Å². The van der Waals surface area contributed by atoms with Crippen molar-refractivity contribution in [2.45, 2.75) is 0 Å². The van der Waals surface area contributed by atoms with Crippen LogP contribution in [-0.4, -0.2) is 44.0 Å². The zero-order valence-corrected chi connectivity index (χ0v) is 8.66. The summed E-state index contributed by atoms with van der Waals surface area (Å²) >= 11 is 0. The quantitative estimate of drug-likeness (QED) is 0.291. The number of allylic oxidation sites excluding steroid dienone is 2. The molecule has 1 saturated heterocycles. The van der Waals surface area contributed by atoms with Crippen molar-refractivity contribution in [3.05, 3.63) is 24.8 Å². The van der Waals surface area contributed by atoms with E-state index in [-0.39, 0.29) is 0 Å². The Morgan fingerprint density at radius 1 is 1.50 bits per heavy atom. The molecule has 0 amide bonds. The first-order valence-electron chi connectivity index (χ1n) is 4.87. The van der Waals surface area contributed by atoms with Crippen molar-refractivity contribution < 1.29 is 0 Å². The van der Waals surface area contributed by atoms with Crippen LogP contribution < -0.4 is 10.7 Å². The third kappa shape index (κ3) is 3.22. The molecule has 0 unspecified atom stereocenters. The van der Waals surface area contributed by atoms with Gasteiger partial charge in [0.25, 0.3) is 0 Å². The summed E-state index contributed by atoms with van der Waals surface area (Å²) < 4.78 is 0. The molecule has 0 aromatic rings. The molecule has 1 aliphatic rings. The Bertz CT molecular complexity index is 226. The largest absolute Gasteiger partial charge is 0.353 e. The molecule has 4 nitrogen and oxygen atoms in total. The first-order valence-corrected chi connectivity index (χ1v) is 4.87. The lowest BCUT2D eigenvalue weighted by Gasteiger charge is -2.28. The van der Waals surface area contributed by atoms with Crippen LogP contribution in [0.1, 0.15) is 0 Å². The molecular weight excluding hydrogens is 176 g/mol. The fourth-order valence-corrected chi connectivity index (χ4v) is 1.38. The van der Waals surface area contributed by atoms with Gasteiger partial charge in [0.2, 0.25) is 0 Å². The molecule has 0 aromatic heterocycles. The molecular formula is C10H18N4. The predicted molar refractivity (Wildman–Crippen MR) is 60.3 cm³/mol. The van der Waals surface area contributed by atoms with Crippen molar-refractivity contribution >= 4 is 5.84 Å². The van der Waals surface area contributed by atoms with Crippen molar-refractivity contribution in [1.82, 2.24) is 15.6 Å². The summed E-state index contributed by atoms with van der Waals surface area (Å²) in [6, 6.07) is 0. The summed E-state index contributed by atoms with van der Waals surface area (Å²) in [5, 5.41) is 7.52. The van der Waals surface area contributed by atoms with E-state index in [4.69, 9.17) is 0 Å². The molecule has 0 radical (unpaired) electrons. The van der Waals surface area contributed by atoms with Crippen molar-refractivity contribution in [3.63, 3.8) is 0 Å². The maximum Gasteiger partial charge on any atom is 0.148 e. The van der Waals surface area contributed by atoms with Crippen molar-refractivity contribution in [3.8, 4) is 0 Å². The topological polar surface area (TPSA) is 39.7 Å². The summed E-state index contributed by atoms with van der Waals surface area (Å²) in [5.74, 6) is 0.967. The minimum atomic E-state index is 0.967. The van der Waals surface area contributed by atoms with Gasteiger partial charge in [-0.2, -0.15) is 5.10 Å². The van der Waals surface area contributed by atoms with Gasteiger partial charge in [-0.1, -0.05) is 18.7 Å². The Labute approximate surface area is 85.4 Å². The van der Waals surface area contributed by atoms with Crippen molar-refractivity contribution in [1.29, 1.82) is 0 Å². The maximum atomic E-state index is 4.22. The molecule has 0 spiro atoms. The third-order valence-electron chi connectivity index (χ3n) is 2.05. The van der Waals surface area contributed by atoms with Crippen LogP contribution in [0.25, 0.3) is 0 Å². The molecule has 14 heavy (non-hydrogen) atoms. The number of nitrogens with zero attached hydrogens (tertiary/aromatic N) is 2. The standard InChI is InChI=1S/C10H18N4/c1-3-4-5-10(13-11-2)14-8-6-12-7-9-14/h3-5,11-12H,1,6-9H2,2H3/b5-4-,13-10+. The molecule has 1 fully saturated rings. The van der Waals surface area contributed by atoms with Gasteiger partial charge in [-0.15, -0.1) is 0 Å². The van der Waals surface area contributed by atoms with Crippen LogP contribution in [0.15, 0.2) is 29.9 Å². The molecule has 4 heteroatoms. The molecule has 2 N–H and O–H groups in total. The number of hydrogen-bond donors (Lipinski definition) is 2. The zero-order chi connectivity index (χ0) is 10.2. The fraction of sp³-hybridized carbons (Fsp3) is 0.500. The molecule has 0 saturated carbocycles. The van der Waals surface area contributed by atoms with Gasteiger partial charge in [0.05, 0.1) is 0 Å². The fourth-order valence-electron chi connectivity index (χ4n) is 1.38. The minimum Gasteiger partial charge on any atom is -0.353 e. The normalized spacial score (nSPS) is 18.6. The average molecular weight is 194 g/mol. The third-order valence-corrected chi connectivity index (χ3v) is 2.05. The van der Waals surface area contributed by atoms with E-state index in [9.17, 15) is 0 Å². The molecule has 1 rings (SSSR count). The van der Waals surface area contributed by atoms with Crippen LogP contribution in [0, 0.1) is 0 Å². The smallest absolute Gasteiger partial charge is 0.148 e. The van der Waals surface area contributed by atoms with Gasteiger partial charge in [0.1, 0.15) is 5.84 Å². The molecule has 0 bridgehead atoms. The second-order valence-electron chi connectivity index (χ2n) is 3.03. The van der Waals surface area contributed by atoms with Crippen LogP contribution >= 0.6 is 0 Å². The predicted octanol–water partition coefficient (Wildman–Crippen LogP) is 0.167. The molecule has 0 aliphatic carbocycles. The van der Waals surface area contributed by atoms with Crippen LogP contribution in [0.5, 0.6) is 0 Å². The summed E-state index contributed by atoms with van der Waals surface area (Å²) in [5.41, 5.74) is 2.81. The van der Waals surface area contributed by atoms with E-state index in [2.05, 4.69) is 27.3 Å². The van der Waals surface area contributed by atoms with E-state index in [1.807, 2.05) is 19.2 Å². The van der Waals surface area contributed by atoms with E-state index in [0.717, 1.165) is 32.0 Å². The van der Waals surface area contributed by atoms with E-state index in [1.54, 1.807) is 6.08 Å². The lowest BCUT2D eigenvalue weighted by molar-refractivity contribution is 0.357. The monoisotopic (exact) mass is 194 g/mol. The molecule has 1 aliphatic heterocycles. The van der Waals surface area contributed by atoms with Gasteiger partial charge in [0.15, 0.2) is 0 Å². The average Bonchev–Trinajstić information content (AvgIpc) is 2.25. The summed E-state index contributed by atoms with van der Waals surface area (Å²) in [4.78, 5) is 2.24. The molecule has 78 valence electrons. The first kappa shape index (κ1) is 10.8. The highest BCUT2D eigenvalue weighted by atomic mass is 15.3. The Balaban J connectivity index is 2.60. The Morgan fingerprint density at radius 3 is 2.79 bits per heavy atom. The second kappa shape index (κ2) is 6.21. The lowest BCUT2D eigenvalue weighted by Crippen LogP contribution is -2.46. The van der Waals surface area contributed by atoms with Crippen LogP contribution in [0.3, 0.4) is 0 Å². The van der Waals surface area contributed by atoms with Crippen LogP contribution in [0.2, 0.25) is 0 Å². The number of piperazine rings is 1. The SMILES string of the molecule is C=C/C=C\C(=N/NC)N1CCNCC1. The number of amidine groups is 1. The number of rotatable bonds is 3.